The van der Waals surface area contributed by atoms with E-state index in [4.69, 9.17) is 42.1 Å². The number of carbonyl (C=O) groups excluding carboxylic acids is 1. The van der Waals surface area contributed by atoms with Crippen LogP contribution in [0.1, 0.15) is 43.4 Å². The zero-order chi connectivity index (χ0) is 25.9. The van der Waals surface area contributed by atoms with Gasteiger partial charge in [-0.1, -0.05) is 55.2 Å². The Morgan fingerprint density at radius 2 is 1.84 bits per heavy atom. The first-order chi connectivity index (χ1) is 17.9. The van der Waals surface area contributed by atoms with Crippen molar-refractivity contribution in [3.8, 4) is 17.2 Å². The first-order valence-corrected chi connectivity index (χ1v) is 13.1. The Bertz CT molecular complexity index is 1280. The van der Waals surface area contributed by atoms with E-state index >= 15 is 0 Å². The predicted octanol–water partition coefficient (Wildman–Crippen LogP) is 7.26. The normalized spacial score (nSPS) is 20.6. The molecule has 1 N–H and O–H groups in total. The van der Waals surface area contributed by atoms with Gasteiger partial charge in [0.25, 0.3) is 5.91 Å². The molecule has 2 aliphatic heterocycles. The molecule has 2 aliphatic rings. The quantitative estimate of drug-likeness (QED) is 0.341. The van der Waals surface area contributed by atoms with Crippen LogP contribution in [0.25, 0.3) is 0 Å². The zero-order valence-corrected chi connectivity index (χ0v) is 22.2. The van der Waals surface area contributed by atoms with Crippen LogP contribution in [0.5, 0.6) is 17.2 Å². The fraction of sp³-hybridized carbons (Fsp3) is 0.345. The Balaban J connectivity index is 1.22. The van der Waals surface area contributed by atoms with Crippen LogP contribution >= 0.6 is 23.2 Å². The second-order valence-electron chi connectivity index (χ2n) is 9.75. The summed E-state index contributed by atoms with van der Waals surface area (Å²) in [5.41, 5.74) is 2.81. The van der Waals surface area contributed by atoms with E-state index in [0.717, 1.165) is 17.5 Å². The molecule has 3 atom stereocenters. The Morgan fingerprint density at radius 1 is 1.00 bits per heavy atom. The van der Waals surface area contributed by atoms with E-state index < -0.39 is 0 Å². The van der Waals surface area contributed by atoms with Gasteiger partial charge in [0.2, 0.25) is 6.79 Å². The maximum absolute atomic E-state index is 12.5. The van der Waals surface area contributed by atoms with E-state index in [1.54, 1.807) is 18.2 Å². The average molecular weight is 542 g/mol. The highest BCUT2D eigenvalue weighted by atomic mass is 35.5. The van der Waals surface area contributed by atoms with Crippen LogP contribution in [-0.4, -0.2) is 25.9 Å². The Labute approximate surface area is 226 Å². The summed E-state index contributed by atoms with van der Waals surface area (Å²) in [7, 11) is 0. The first-order valence-electron chi connectivity index (χ1n) is 12.4. The van der Waals surface area contributed by atoms with Gasteiger partial charge in [0.15, 0.2) is 18.1 Å². The molecule has 0 radical (unpaired) electrons. The number of hydrogen-bond donors (Lipinski definition) is 1. The molecular weight excluding hydrogens is 513 g/mol. The summed E-state index contributed by atoms with van der Waals surface area (Å²) in [6, 6.07) is 18.9. The zero-order valence-electron chi connectivity index (χ0n) is 20.7. The number of nitrogens with one attached hydrogen (secondary N) is 1. The van der Waals surface area contributed by atoms with Gasteiger partial charge < -0.3 is 24.3 Å². The Morgan fingerprint density at radius 3 is 2.65 bits per heavy atom. The molecule has 8 heteroatoms. The Hall–Kier alpha value is -2.93. The van der Waals surface area contributed by atoms with Crippen molar-refractivity contribution < 1.29 is 23.7 Å². The fourth-order valence-corrected chi connectivity index (χ4v) is 5.24. The molecule has 5 rings (SSSR count). The number of hydrogen-bond acceptors (Lipinski definition) is 5. The standard InChI is InChI=1S/C29H29Cl2NO5/c1-17(2)23-11-20(18-6-8-24(30)25(31)12-18)14-35-29(23)19-4-3-5-22(10-19)34-15-28(33)32-21-7-9-26-27(13-21)37-16-36-26/h3-10,12-13,17,20,23,29H,11,14-16H2,1-2H3,(H,32,33)/t20-,23-,29-/m0/s1. The van der Waals surface area contributed by atoms with E-state index in [1.807, 2.05) is 36.4 Å². The minimum atomic E-state index is -0.261. The molecule has 0 bridgehead atoms. The molecule has 1 amide bonds. The number of amides is 1. The third kappa shape index (κ3) is 5.98. The topological polar surface area (TPSA) is 66.0 Å². The van der Waals surface area contributed by atoms with Crippen molar-refractivity contribution in [2.75, 3.05) is 25.3 Å². The van der Waals surface area contributed by atoms with E-state index in [2.05, 4.69) is 25.2 Å². The van der Waals surface area contributed by atoms with Crippen LogP contribution in [0.4, 0.5) is 5.69 Å². The van der Waals surface area contributed by atoms with Crippen LogP contribution in [0, 0.1) is 11.8 Å². The number of halogens is 2. The summed E-state index contributed by atoms with van der Waals surface area (Å²) in [5, 5.41) is 3.95. The highest BCUT2D eigenvalue weighted by Gasteiger charge is 2.35. The fourth-order valence-electron chi connectivity index (χ4n) is 4.93. The van der Waals surface area contributed by atoms with Crippen molar-refractivity contribution in [3.05, 3.63) is 81.8 Å². The lowest BCUT2D eigenvalue weighted by Gasteiger charge is -2.39. The summed E-state index contributed by atoms with van der Waals surface area (Å²) < 4.78 is 22.9. The van der Waals surface area contributed by atoms with E-state index in [9.17, 15) is 4.79 Å². The summed E-state index contributed by atoms with van der Waals surface area (Å²) in [6.45, 7) is 5.11. The number of anilines is 1. The number of benzene rings is 3. The lowest BCUT2D eigenvalue weighted by atomic mass is 9.76. The van der Waals surface area contributed by atoms with Crippen molar-refractivity contribution in [1.29, 1.82) is 0 Å². The van der Waals surface area contributed by atoms with Gasteiger partial charge in [-0.3, -0.25) is 4.79 Å². The van der Waals surface area contributed by atoms with Crippen LogP contribution < -0.4 is 19.5 Å². The molecule has 3 aromatic rings. The third-order valence-electron chi connectivity index (χ3n) is 6.91. The highest BCUT2D eigenvalue weighted by molar-refractivity contribution is 6.42. The molecule has 0 spiro atoms. The molecule has 6 nitrogen and oxygen atoms in total. The van der Waals surface area contributed by atoms with Gasteiger partial charge in [-0.25, -0.2) is 0 Å². The van der Waals surface area contributed by atoms with Gasteiger partial charge in [0.1, 0.15) is 5.75 Å². The lowest BCUT2D eigenvalue weighted by molar-refractivity contribution is -0.118. The highest BCUT2D eigenvalue weighted by Crippen LogP contribution is 2.44. The summed E-state index contributed by atoms with van der Waals surface area (Å²) in [4.78, 5) is 12.5. The molecule has 2 heterocycles. The minimum Gasteiger partial charge on any atom is -0.484 e. The van der Waals surface area contributed by atoms with Gasteiger partial charge in [-0.05, 0) is 65.8 Å². The monoisotopic (exact) mass is 541 g/mol. The van der Waals surface area contributed by atoms with Crippen molar-refractivity contribution in [2.24, 2.45) is 11.8 Å². The van der Waals surface area contributed by atoms with Crippen molar-refractivity contribution in [2.45, 2.75) is 32.3 Å². The average Bonchev–Trinajstić information content (AvgIpc) is 3.37. The van der Waals surface area contributed by atoms with E-state index in [1.165, 1.54) is 0 Å². The maximum atomic E-state index is 12.5. The van der Waals surface area contributed by atoms with Gasteiger partial charge in [0, 0.05) is 17.7 Å². The van der Waals surface area contributed by atoms with Crippen LogP contribution in [0.15, 0.2) is 60.7 Å². The summed E-state index contributed by atoms with van der Waals surface area (Å²) in [6.07, 6.45) is 0.911. The van der Waals surface area contributed by atoms with Crippen LogP contribution in [0.3, 0.4) is 0 Å². The van der Waals surface area contributed by atoms with E-state index in [0.29, 0.717) is 51.4 Å². The summed E-state index contributed by atoms with van der Waals surface area (Å²) in [5.74, 6) is 2.60. The van der Waals surface area contributed by atoms with Crippen molar-refractivity contribution in [1.82, 2.24) is 0 Å². The largest absolute Gasteiger partial charge is 0.484 e. The van der Waals surface area contributed by atoms with Crippen LogP contribution in [0.2, 0.25) is 10.0 Å². The van der Waals surface area contributed by atoms with E-state index in [-0.39, 0.29) is 31.3 Å². The van der Waals surface area contributed by atoms with Crippen molar-refractivity contribution >= 4 is 34.8 Å². The third-order valence-corrected chi connectivity index (χ3v) is 7.65. The molecular formula is C29H29Cl2NO5. The molecule has 0 unspecified atom stereocenters. The van der Waals surface area contributed by atoms with Crippen LogP contribution in [-0.2, 0) is 9.53 Å². The molecule has 194 valence electrons. The molecule has 1 saturated heterocycles. The molecule has 3 aromatic carbocycles. The smallest absolute Gasteiger partial charge is 0.262 e. The molecule has 0 saturated carbocycles. The maximum Gasteiger partial charge on any atom is 0.262 e. The van der Waals surface area contributed by atoms with Gasteiger partial charge in [-0.15, -0.1) is 0 Å². The second kappa shape index (κ2) is 11.2. The Kier molecular flexibility index (Phi) is 7.79. The minimum absolute atomic E-state index is 0.0648. The van der Waals surface area contributed by atoms with Gasteiger partial charge in [-0.2, -0.15) is 0 Å². The lowest BCUT2D eigenvalue weighted by Crippen LogP contribution is -2.31. The number of carbonyl (C=O) groups is 1. The number of rotatable bonds is 7. The molecule has 0 aliphatic carbocycles. The molecule has 0 aromatic heterocycles. The van der Waals surface area contributed by atoms with Crippen molar-refractivity contribution in [3.63, 3.8) is 0 Å². The predicted molar refractivity (Wildman–Crippen MR) is 144 cm³/mol. The molecule has 37 heavy (non-hydrogen) atoms. The van der Waals surface area contributed by atoms with Gasteiger partial charge >= 0.3 is 0 Å². The SMILES string of the molecule is CC(C)[C@@H]1C[C@H](c2ccc(Cl)c(Cl)c2)CO[C@H]1c1cccc(OCC(=O)Nc2ccc3c(c2)OCO3)c1. The number of ether oxygens (including phenoxy) is 4. The second-order valence-corrected chi connectivity index (χ2v) is 10.6. The first kappa shape index (κ1) is 25.7. The number of fused-ring (bicyclic) bond motifs is 1. The van der Waals surface area contributed by atoms with Gasteiger partial charge in [0.05, 0.1) is 22.8 Å². The summed E-state index contributed by atoms with van der Waals surface area (Å²) >= 11 is 12.4. The molecule has 1 fully saturated rings.